The van der Waals surface area contributed by atoms with Gasteiger partial charge in [0.05, 0.1) is 11.9 Å². The molecule has 0 radical (unpaired) electrons. The van der Waals surface area contributed by atoms with E-state index in [0.717, 1.165) is 46.5 Å². The highest BCUT2D eigenvalue weighted by atomic mass is 32.1. The number of amides is 1. The molecule has 1 aliphatic rings. The minimum atomic E-state index is -0.0352. The van der Waals surface area contributed by atoms with E-state index in [2.05, 4.69) is 22.2 Å². The van der Waals surface area contributed by atoms with Crippen LogP contribution in [0.4, 0.5) is 11.5 Å². The molecule has 0 unspecified atom stereocenters. The van der Waals surface area contributed by atoms with Crippen LogP contribution in [0.2, 0.25) is 0 Å². The van der Waals surface area contributed by atoms with Gasteiger partial charge in [0.1, 0.15) is 17.0 Å². The number of carbonyl (C=O) groups excluding carboxylic acids is 1. The Morgan fingerprint density at radius 3 is 2.96 bits per heavy atom. The molecule has 2 aromatic heterocycles. The molecule has 2 heterocycles. The van der Waals surface area contributed by atoms with Gasteiger partial charge in [-0.25, -0.2) is 9.97 Å². The summed E-state index contributed by atoms with van der Waals surface area (Å²) in [6.45, 7) is 2.35. The van der Waals surface area contributed by atoms with Gasteiger partial charge in [-0.2, -0.15) is 0 Å². The Bertz CT molecular complexity index is 966. The van der Waals surface area contributed by atoms with Crippen molar-refractivity contribution in [2.75, 3.05) is 23.8 Å². The first-order valence-corrected chi connectivity index (χ1v) is 9.83. The summed E-state index contributed by atoms with van der Waals surface area (Å²) in [4.78, 5) is 25.9. The van der Waals surface area contributed by atoms with E-state index >= 15 is 0 Å². The lowest BCUT2D eigenvalue weighted by Gasteiger charge is -2.19. The van der Waals surface area contributed by atoms with Crippen molar-refractivity contribution in [2.45, 2.75) is 32.6 Å². The van der Waals surface area contributed by atoms with Gasteiger partial charge in [-0.15, -0.1) is 11.3 Å². The number of hydrogen-bond acceptors (Lipinski definition) is 5. The number of fused-ring (bicyclic) bond motifs is 3. The molecule has 0 saturated carbocycles. The van der Waals surface area contributed by atoms with Gasteiger partial charge in [0.2, 0.25) is 5.91 Å². The number of hydrogen-bond donors (Lipinski definition) is 1. The predicted molar refractivity (Wildman–Crippen MR) is 107 cm³/mol. The average molecular weight is 366 g/mol. The van der Waals surface area contributed by atoms with E-state index in [9.17, 15) is 4.79 Å². The molecule has 0 atom stereocenters. The van der Waals surface area contributed by atoms with Gasteiger partial charge in [0.15, 0.2) is 0 Å². The molecule has 1 amide bonds. The van der Waals surface area contributed by atoms with Gasteiger partial charge in [0.25, 0.3) is 0 Å². The highest BCUT2D eigenvalue weighted by molar-refractivity contribution is 7.19. The second-order valence-corrected chi connectivity index (χ2v) is 7.73. The van der Waals surface area contributed by atoms with Gasteiger partial charge in [-0.05, 0) is 42.9 Å². The average Bonchev–Trinajstić information content (AvgIpc) is 3.22. The lowest BCUT2D eigenvalue weighted by molar-refractivity contribution is -0.114. The van der Waals surface area contributed by atoms with Crippen LogP contribution >= 0.6 is 11.3 Å². The largest absolute Gasteiger partial charge is 0.350 e. The third-order valence-corrected chi connectivity index (χ3v) is 6.10. The molecule has 6 heteroatoms. The number of anilines is 2. The zero-order valence-electron chi connectivity index (χ0n) is 15.1. The van der Waals surface area contributed by atoms with E-state index in [1.54, 1.807) is 17.7 Å². The zero-order valence-corrected chi connectivity index (χ0v) is 15.9. The number of rotatable bonds is 5. The molecular formula is C20H22N4OS. The van der Waals surface area contributed by atoms with Gasteiger partial charge in [-0.3, -0.25) is 4.79 Å². The zero-order chi connectivity index (χ0) is 18.1. The van der Waals surface area contributed by atoms with Crippen molar-refractivity contribution in [1.82, 2.24) is 9.97 Å². The minimum Gasteiger partial charge on any atom is -0.350 e. The maximum Gasteiger partial charge on any atom is 0.243 e. The van der Waals surface area contributed by atoms with Crippen molar-refractivity contribution in [3.8, 4) is 0 Å². The summed E-state index contributed by atoms with van der Waals surface area (Å²) in [7, 11) is 1.92. The maximum atomic E-state index is 12.6. The quantitative estimate of drug-likeness (QED) is 0.746. The molecule has 26 heavy (non-hydrogen) atoms. The minimum absolute atomic E-state index is 0.0352. The van der Waals surface area contributed by atoms with Crippen LogP contribution in [0.3, 0.4) is 0 Å². The molecule has 1 N–H and O–H groups in total. The Hall–Kier alpha value is -2.47. The molecule has 0 fully saturated rings. The van der Waals surface area contributed by atoms with Crippen molar-refractivity contribution in [2.24, 2.45) is 0 Å². The van der Waals surface area contributed by atoms with E-state index in [1.807, 2.05) is 36.2 Å². The number of carbonyl (C=O) groups is 1. The maximum absolute atomic E-state index is 12.6. The van der Waals surface area contributed by atoms with Crippen LogP contribution in [-0.4, -0.2) is 29.5 Å². The van der Waals surface area contributed by atoms with E-state index < -0.39 is 0 Å². The van der Waals surface area contributed by atoms with Gasteiger partial charge in [-0.1, -0.05) is 25.1 Å². The fourth-order valence-electron chi connectivity index (χ4n) is 3.63. The first-order chi connectivity index (χ1) is 12.7. The highest BCUT2D eigenvalue weighted by Gasteiger charge is 2.23. The molecule has 0 bridgehead atoms. The standard InChI is InChI=1S/C20H22N4OS/c1-3-13-7-4-5-9-15(13)23-17(25)11-24(2)19-18-14-8-6-10-16(14)26-20(18)22-12-21-19/h4-5,7,9,12H,3,6,8,10-11H2,1-2H3,(H,23,25). The Morgan fingerprint density at radius 1 is 1.27 bits per heavy atom. The van der Waals surface area contributed by atoms with Gasteiger partial charge in [0, 0.05) is 17.6 Å². The molecular weight excluding hydrogens is 344 g/mol. The van der Waals surface area contributed by atoms with Gasteiger partial charge < -0.3 is 10.2 Å². The summed E-state index contributed by atoms with van der Waals surface area (Å²) in [5, 5.41) is 4.17. The Morgan fingerprint density at radius 2 is 2.12 bits per heavy atom. The lowest BCUT2D eigenvalue weighted by Crippen LogP contribution is -2.31. The fraction of sp³-hybridized carbons (Fsp3) is 0.350. The normalized spacial score (nSPS) is 13.0. The summed E-state index contributed by atoms with van der Waals surface area (Å²) in [6, 6.07) is 7.93. The van der Waals surface area contributed by atoms with Crippen molar-refractivity contribution in [1.29, 1.82) is 0 Å². The van der Waals surface area contributed by atoms with E-state index in [0.29, 0.717) is 0 Å². The smallest absolute Gasteiger partial charge is 0.243 e. The van der Waals surface area contributed by atoms with Crippen molar-refractivity contribution >= 4 is 39.0 Å². The molecule has 0 spiro atoms. The van der Waals surface area contributed by atoms with Crippen LogP contribution in [0.25, 0.3) is 10.2 Å². The third kappa shape index (κ3) is 3.05. The lowest BCUT2D eigenvalue weighted by atomic mass is 10.1. The highest BCUT2D eigenvalue weighted by Crippen LogP contribution is 2.39. The molecule has 0 saturated heterocycles. The number of nitrogens with one attached hydrogen (secondary N) is 1. The number of benzene rings is 1. The molecule has 5 nitrogen and oxygen atoms in total. The number of para-hydroxylation sites is 1. The van der Waals surface area contributed by atoms with E-state index in [1.165, 1.54) is 16.9 Å². The molecule has 1 aliphatic carbocycles. The number of aryl methyl sites for hydroxylation is 3. The Balaban J connectivity index is 1.56. The summed E-state index contributed by atoms with van der Waals surface area (Å²) in [5.74, 6) is 0.820. The van der Waals surface area contributed by atoms with Crippen LogP contribution in [-0.2, 0) is 24.1 Å². The summed E-state index contributed by atoms with van der Waals surface area (Å²) in [5.41, 5.74) is 3.41. The van der Waals surface area contributed by atoms with Crippen molar-refractivity contribution < 1.29 is 4.79 Å². The molecule has 134 valence electrons. The van der Waals surface area contributed by atoms with E-state index in [-0.39, 0.29) is 12.5 Å². The molecule has 3 aromatic rings. The first kappa shape index (κ1) is 17.0. The summed E-state index contributed by atoms with van der Waals surface area (Å²) in [6.07, 6.45) is 5.90. The van der Waals surface area contributed by atoms with Crippen LogP contribution in [0.5, 0.6) is 0 Å². The SMILES string of the molecule is CCc1ccccc1NC(=O)CN(C)c1ncnc2sc3c(c12)CCC3. The molecule has 1 aromatic carbocycles. The monoisotopic (exact) mass is 366 g/mol. The van der Waals surface area contributed by atoms with Crippen LogP contribution < -0.4 is 10.2 Å². The molecule has 4 rings (SSSR count). The van der Waals surface area contributed by atoms with Gasteiger partial charge >= 0.3 is 0 Å². The van der Waals surface area contributed by atoms with Crippen molar-refractivity contribution in [3.05, 3.63) is 46.6 Å². The van der Waals surface area contributed by atoms with Crippen LogP contribution in [0, 0.1) is 0 Å². The second kappa shape index (κ2) is 7.03. The summed E-state index contributed by atoms with van der Waals surface area (Å²) >= 11 is 1.77. The molecule has 0 aliphatic heterocycles. The Labute approximate surface area is 157 Å². The second-order valence-electron chi connectivity index (χ2n) is 6.65. The van der Waals surface area contributed by atoms with Crippen LogP contribution in [0.1, 0.15) is 29.3 Å². The third-order valence-electron chi connectivity index (χ3n) is 4.90. The van der Waals surface area contributed by atoms with E-state index in [4.69, 9.17) is 0 Å². The van der Waals surface area contributed by atoms with Crippen molar-refractivity contribution in [3.63, 3.8) is 0 Å². The summed E-state index contributed by atoms with van der Waals surface area (Å²) < 4.78 is 0. The fourth-order valence-corrected chi connectivity index (χ4v) is 4.86. The topological polar surface area (TPSA) is 58.1 Å². The predicted octanol–water partition coefficient (Wildman–Crippen LogP) is 3.82. The number of aromatic nitrogens is 2. The number of thiophene rings is 1. The van der Waals surface area contributed by atoms with Crippen LogP contribution in [0.15, 0.2) is 30.6 Å². The Kier molecular flexibility index (Phi) is 4.59. The number of nitrogens with zero attached hydrogens (tertiary/aromatic N) is 3. The number of likely N-dealkylation sites (N-methyl/N-ethyl adjacent to an activating group) is 1. The first-order valence-electron chi connectivity index (χ1n) is 9.01.